The number of anilines is 3. The Kier molecular flexibility index (Phi) is 7.00. The van der Waals surface area contributed by atoms with Crippen LogP contribution in [0.25, 0.3) is 98.1 Å². The molecular formula is C62H43NO. The summed E-state index contributed by atoms with van der Waals surface area (Å²) in [7, 11) is 0. The largest absolute Gasteiger partial charge is 0.454 e. The van der Waals surface area contributed by atoms with Gasteiger partial charge in [0.05, 0.1) is 11.4 Å². The minimum Gasteiger partial charge on any atom is -0.454 e. The summed E-state index contributed by atoms with van der Waals surface area (Å²) < 4.78 is 6.89. The number of rotatable bonds is 3. The smallest absolute Gasteiger partial charge is 0.159 e. The Hall–Kier alpha value is -7.68. The molecule has 0 saturated heterocycles. The summed E-state index contributed by atoms with van der Waals surface area (Å²) >= 11 is 0. The zero-order chi connectivity index (χ0) is 42.6. The minimum absolute atomic E-state index is 0.209. The topological polar surface area (TPSA) is 16.4 Å². The van der Waals surface area contributed by atoms with Crippen LogP contribution in [-0.4, -0.2) is 0 Å². The van der Waals surface area contributed by atoms with Crippen LogP contribution in [0.15, 0.2) is 192 Å². The van der Waals surface area contributed by atoms with E-state index >= 15 is 0 Å². The number of hydrogen-bond donors (Lipinski definition) is 0. The third kappa shape index (κ3) is 4.60. The van der Waals surface area contributed by atoms with E-state index in [1.165, 1.54) is 98.4 Å². The molecule has 0 radical (unpaired) electrons. The maximum Gasteiger partial charge on any atom is 0.159 e. The maximum atomic E-state index is 6.89. The van der Waals surface area contributed by atoms with Crippen LogP contribution in [0.1, 0.15) is 49.9 Å². The van der Waals surface area contributed by atoms with Crippen molar-refractivity contribution in [1.82, 2.24) is 0 Å². The molecule has 0 fully saturated rings. The zero-order valence-corrected chi connectivity index (χ0v) is 36.3. The van der Waals surface area contributed by atoms with Gasteiger partial charge in [-0.15, -0.1) is 0 Å². The highest BCUT2D eigenvalue weighted by molar-refractivity contribution is 6.20. The Morgan fingerprint density at radius 2 is 0.969 bits per heavy atom. The first-order chi connectivity index (χ1) is 31.3. The fourth-order valence-corrected chi connectivity index (χ4v) is 12.2. The maximum absolute atomic E-state index is 6.89. The number of benzene rings is 11. The van der Waals surface area contributed by atoms with Crippen molar-refractivity contribution >= 4 is 92.9 Å². The summed E-state index contributed by atoms with van der Waals surface area (Å²) in [6.45, 7) is 9.64. The van der Waals surface area contributed by atoms with Crippen LogP contribution in [0.5, 0.6) is 0 Å². The van der Waals surface area contributed by atoms with Crippen molar-refractivity contribution in [3.8, 4) is 22.3 Å². The molecule has 0 amide bonds. The first-order valence-electron chi connectivity index (χ1n) is 22.6. The van der Waals surface area contributed by atoms with Gasteiger partial charge in [0.2, 0.25) is 0 Å². The van der Waals surface area contributed by atoms with E-state index in [0.717, 1.165) is 39.0 Å². The van der Waals surface area contributed by atoms with Crippen molar-refractivity contribution in [2.45, 2.75) is 38.5 Å². The number of hydrogen-bond acceptors (Lipinski definition) is 2. The van der Waals surface area contributed by atoms with E-state index in [2.05, 4.69) is 221 Å². The van der Waals surface area contributed by atoms with Crippen molar-refractivity contribution in [2.24, 2.45) is 0 Å². The Bertz CT molecular complexity index is 4030. The van der Waals surface area contributed by atoms with Crippen molar-refractivity contribution in [3.05, 3.63) is 210 Å². The third-order valence-electron chi connectivity index (χ3n) is 15.1. The lowest BCUT2D eigenvalue weighted by atomic mass is 9.79. The summed E-state index contributed by atoms with van der Waals surface area (Å²) in [5.41, 5.74) is 15.5. The lowest BCUT2D eigenvalue weighted by Gasteiger charge is -2.30. The lowest BCUT2D eigenvalue weighted by molar-refractivity contribution is 0.661. The predicted octanol–water partition coefficient (Wildman–Crippen LogP) is 17.4. The van der Waals surface area contributed by atoms with Gasteiger partial charge in [-0.05, 0) is 135 Å². The van der Waals surface area contributed by atoms with E-state index in [9.17, 15) is 0 Å². The van der Waals surface area contributed by atoms with Crippen molar-refractivity contribution in [1.29, 1.82) is 0 Å². The molecule has 0 unspecified atom stereocenters. The van der Waals surface area contributed by atoms with Gasteiger partial charge in [0, 0.05) is 32.7 Å². The first-order valence-corrected chi connectivity index (χ1v) is 22.6. The third-order valence-corrected chi connectivity index (χ3v) is 15.1. The molecule has 0 N–H and O–H groups in total. The number of nitrogens with zero attached hydrogens (tertiary/aromatic N) is 1. The van der Waals surface area contributed by atoms with E-state index < -0.39 is 0 Å². The SMILES string of the molecule is CC1(C)c2ccc3ccccc3c2-c2c1cc(N(c1ccc3cc4c(cc3c1)C(C)(C)c1c-4c3ccccc3c3ccccc13)c1cccc3c1oc1ccccc13)c1ccccc21. The molecule has 2 aliphatic rings. The highest BCUT2D eigenvalue weighted by atomic mass is 16.3. The number of para-hydroxylation sites is 2. The quantitative estimate of drug-likeness (QED) is 0.165. The number of fused-ring (bicyclic) bond motifs is 19. The van der Waals surface area contributed by atoms with Crippen LogP contribution in [0.2, 0.25) is 0 Å². The van der Waals surface area contributed by atoms with Gasteiger partial charge in [-0.25, -0.2) is 0 Å². The van der Waals surface area contributed by atoms with Crippen molar-refractivity contribution < 1.29 is 4.42 Å². The highest BCUT2D eigenvalue weighted by Crippen LogP contribution is 2.58. The summed E-state index contributed by atoms with van der Waals surface area (Å²) in [4.78, 5) is 2.48. The molecule has 0 bridgehead atoms. The van der Waals surface area contributed by atoms with Crippen LogP contribution in [0, 0.1) is 0 Å². The summed E-state index contributed by atoms with van der Waals surface area (Å²) in [5, 5.41) is 15.0. The monoisotopic (exact) mass is 817 g/mol. The molecule has 12 aromatic rings. The fourth-order valence-electron chi connectivity index (χ4n) is 12.2. The molecule has 1 aromatic heterocycles. The highest BCUT2D eigenvalue weighted by Gasteiger charge is 2.40. The average molecular weight is 818 g/mol. The molecule has 0 saturated carbocycles. The molecular weight excluding hydrogens is 775 g/mol. The zero-order valence-electron chi connectivity index (χ0n) is 36.3. The van der Waals surface area contributed by atoms with Gasteiger partial charge in [-0.2, -0.15) is 0 Å². The summed E-state index contributed by atoms with van der Waals surface area (Å²) in [5.74, 6) is 0. The van der Waals surface area contributed by atoms with Crippen molar-refractivity contribution in [3.63, 3.8) is 0 Å². The van der Waals surface area contributed by atoms with Gasteiger partial charge in [-0.1, -0.05) is 173 Å². The van der Waals surface area contributed by atoms with Crippen molar-refractivity contribution in [2.75, 3.05) is 4.90 Å². The molecule has 302 valence electrons. The van der Waals surface area contributed by atoms with Crippen LogP contribution >= 0.6 is 0 Å². The second-order valence-electron chi connectivity index (χ2n) is 19.2. The molecule has 0 atom stereocenters. The Morgan fingerprint density at radius 1 is 0.359 bits per heavy atom. The molecule has 0 spiro atoms. The molecule has 2 nitrogen and oxygen atoms in total. The lowest BCUT2D eigenvalue weighted by Crippen LogP contribution is -2.17. The molecule has 0 aliphatic heterocycles. The molecule has 2 aliphatic carbocycles. The predicted molar refractivity (Wildman–Crippen MR) is 271 cm³/mol. The van der Waals surface area contributed by atoms with E-state index in [4.69, 9.17) is 4.42 Å². The molecule has 2 heteroatoms. The average Bonchev–Trinajstić information content (AvgIpc) is 3.91. The summed E-state index contributed by atoms with van der Waals surface area (Å²) in [6, 6.07) is 70.1. The van der Waals surface area contributed by atoms with E-state index in [1.54, 1.807) is 0 Å². The normalized spacial score (nSPS) is 14.5. The van der Waals surface area contributed by atoms with Crippen LogP contribution < -0.4 is 4.90 Å². The van der Waals surface area contributed by atoms with E-state index in [1.807, 2.05) is 0 Å². The second-order valence-corrected chi connectivity index (χ2v) is 19.2. The van der Waals surface area contributed by atoms with Gasteiger partial charge in [0.25, 0.3) is 0 Å². The Labute approximate surface area is 371 Å². The molecule has 1 heterocycles. The van der Waals surface area contributed by atoms with Gasteiger partial charge in [0.1, 0.15) is 5.58 Å². The standard InChI is InChI=1S/C62H43NO/c1-61(2)50-31-29-36-16-5-6-17-40(36)57(50)58-46-23-11-9-20-43(46)54(35-52(58)61)63(53-26-15-25-48-44-21-13-14-27-55(44)64-60(48)53)39-30-28-37-33-49-51(34-38(37)32-39)62(3,4)59-47-24-12-8-19-42(47)41-18-7-10-22-45(41)56(49)59/h5-35H,1-4H3. The number of furan rings is 1. The Balaban J connectivity index is 1.05. The first kappa shape index (κ1) is 35.9. The van der Waals surface area contributed by atoms with Gasteiger partial charge < -0.3 is 9.32 Å². The molecule has 64 heavy (non-hydrogen) atoms. The van der Waals surface area contributed by atoms with Gasteiger partial charge in [0.15, 0.2) is 5.58 Å². The second kappa shape index (κ2) is 12.5. The van der Waals surface area contributed by atoms with E-state index in [-0.39, 0.29) is 10.8 Å². The van der Waals surface area contributed by atoms with Gasteiger partial charge in [-0.3, -0.25) is 0 Å². The fraction of sp³-hybridized carbons (Fsp3) is 0.0968. The van der Waals surface area contributed by atoms with E-state index in [0.29, 0.717) is 0 Å². The van der Waals surface area contributed by atoms with Crippen LogP contribution in [-0.2, 0) is 10.8 Å². The van der Waals surface area contributed by atoms with Crippen LogP contribution in [0.3, 0.4) is 0 Å². The minimum atomic E-state index is -0.233. The van der Waals surface area contributed by atoms with Gasteiger partial charge >= 0.3 is 0 Å². The molecule has 14 rings (SSSR count). The Morgan fingerprint density at radius 3 is 1.77 bits per heavy atom. The van der Waals surface area contributed by atoms with Crippen LogP contribution in [0.4, 0.5) is 17.1 Å². The summed E-state index contributed by atoms with van der Waals surface area (Å²) in [6.07, 6.45) is 0. The molecule has 11 aromatic carbocycles.